The van der Waals surface area contributed by atoms with Gasteiger partial charge in [-0.25, -0.2) is 0 Å². The number of piperazine rings is 1. The van der Waals surface area contributed by atoms with Crippen molar-refractivity contribution in [3.05, 3.63) is 42.5 Å². The molecule has 130 valence electrons. The highest BCUT2D eigenvalue weighted by Gasteiger charge is 2.29. The molecule has 3 rings (SSSR count). The Bertz CT molecular complexity index is 578. The number of hydrogen-bond donors (Lipinski definition) is 0. The maximum atomic E-state index is 12.1. The monoisotopic (exact) mass is 327 g/mol. The second kappa shape index (κ2) is 7.84. The highest BCUT2D eigenvalue weighted by Crippen LogP contribution is 2.23. The number of nitrogens with zero attached hydrogens (tertiary/aromatic N) is 3. The summed E-state index contributed by atoms with van der Waals surface area (Å²) >= 11 is 0. The van der Waals surface area contributed by atoms with E-state index in [-0.39, 0.29) is 5.91 Å². The number of carbonyl (C=O) groups is 1. The van der Waals surface area contributed by atoms with E-state index in [1.165, 1.54) is 17.7 Å². The van der Waals surface area contributed by atoms with Gasteiger partial charge in [0.1, 0.15) is 0 Å². The highest BCUT2D eigenvalue weighted by molar-refractivity contribution is 5.77. The van der Waals surface area contributed by atoms with E-state index in [1.54, 1.807) is 6.08 Å². The van der Waals surface area contributed by atoms with Crippen LogP contribution in [0.15, 0.2) is 36.9 Å². The summed E-state index contributed by atoms with van der Waals surface area (Å²) < 4.78 is 0. The molecule has 2 saturated heterocycles. The molecule has 1 aromatic rings. The fraction of sp³-hybridized carbons (Fsp3) is 0.550. The highest BCUT2D eigenvalue weighted by atomic mass is 16.2. The lowest BCUT2D eigenvalue weighted by molar-refractivity contribution is -0.132. The fourth-order valence-electron chi connectivity index (χ4n) is 3.98. The van der Waals surface area contributed by atoms with Crippen LogP contribution in [0.3, 0.4) is 0 Å². The van der Waals surface area contributed by atoms with Crippen LogP contribution in [-0.4, -0.2) is 61.0 Å². The standard InChI is InChI=1S/C20H29N3O/c1-3-7-20(24)23-11-6-9-18(16-23)21-12-14-22(15-13-21)19-10-5-4-8-17(19)2/h3-5,8,10,18H,1,6-7,9,11-16H2,2H3/t18-/m0/s1. The van der Waals surface area contributed by atoms with Crippen molar-refractivity contribution < 1.29 is 4.79 Å². The normalized spacial score (nSPS) is 22.5. The summed E-state index contributed by atoms with van der Waals surface area (Å²) in [7, 11) is 0. The Morgan fingerprint density at radius 2 is 1.96 bits per heavy atom. The van der Waals surface area contributed by atoms with E-state index in [0.29, 0.717) is 12.5 Å². The molecular weight excluding hydrogens is 298 g/mol. The molecule has 24 heavy (non-hydrogen) atoms. The molecule has 2 heterocycles. The second-order valence-corrected chi connectivity index (χ2v) is 6.94. The van der Waals surface area contributed by atoms with Gasteiger partial charge in [0.15, 0.2) is 0 Å². The van der Waals surface area contributed by atoms with E-state index in [2.05, 4.69) is 47.6 Å². The van der Waals surface area contributed by atoms with E-state index < -0.39 is 0 Å². The van der Waals surface area contributed by atoms with Gasteiger partial charge in [0.2, 0.25) is 5.91 Å². The zero-order valence-corrected chi connectivity index (χ0v) is 14.8. The first-order chi connectivity index (χ1) is 11.7. The molecule has 2 aliphatic heterocycles. The Morgan fingerprint density at radius 1 is 1.21 bits per heavy atom. The van der Waals surface area contributed by atoms with Gasteiger partial charge in [-0.3, -0.25) is 9.69 Å². The molecule has 4 nitrogen and oxygen atoms in total. The maximum Gasteiger partial charge on any atom is 0.226 e. The lowest BCUT2D eigenvalue weighted by Crippen LogP contribution is -2.55. The Morgan fingerprint density at radius 3 is 2.67 bits per heavy atom. The van der Waals surface area contributed by atoms with E-state index in [0.717, 1.165) is 45.7 Å². The first-order valence-electron chi connectivity index (χ1n) is 9.12. The third-order valence-corrected chi connectivity index (χ3v) is 5.35. The molecule has 1 amide bonds. The predicted molar refractivity (Wildman–Crippen MR) is 99.4 cm³/mol. The molecule has 0 radical (unpaired) electrons. The summed E-state index contributed by atoms with van der Waals surface area (Å²) in [5.41, 5.74) is 2.72. The number of piperidine rings is 1. The third kappa shape index (κ3) is 3.81. The summed E-state index contributed by atoms with van der Waals surface area (Å²) in [6, 6.07) is 9.16. The number of hydrogen-bond acceptors (Lipinski definition) is 3. The molecule has 2 aliphatic rings. The summed E-state index contributed by atoms with van der Waals surface area (Å²) in [5, 5.41) is 0. The topological polar surface area (TPSA) is 26.8 Å². The van der Waals surface area contributed by atoms with Gasteiger partial charge in [0.05, 0.1) is 0 Å². The van der Waals surface area contributed by atoms with Crippen molar-refractivity contribution in [2.75, 3.05) is 44.2 Å². The van der Waals surface area contributed by atoms with E-state index >= 15 is 0 Å². The predicted octanol–water partition coefficient (Wildman–Crippen LogP) is 2.68. The van der Waals surface area contributed by atoms with Gasteiger partial charge in [-0.2, -0.15) is 0 Å². The molecule has 0 bridgehead atoms. The van der Waals surface area contributed by atoms with Crippen LogP contribution in [0.5, 0.6) is 0 Å². The van der Waals surface area contributed by atoms with Crippen molar-refractivity contribution in [1.82, 2.24) is 9.80 Å². The van der Waals surface area contributed by atoms with Gasteiger partial charge in [-0.05, 0) is 31.4 Å². The van der Waals surface area contributed by atoms with Gasteiger partial charge in [0, 0.05) is 57.4 Å². The van der Waals surface area contributed by atoms with Crippen LogP contribution >= 0.6 is 0 Å². The number of likely N-dealkylation sites (tertiary alicyclic amines) is 1. The number of rotatable bonds is 4. The minimum atomic E-state index is 0.230. The smallest absolute Gasteiger partial charge is 0.226 e. The SMILES string of the molecule is C=CCC(=O)N1CCC[C@H](N2CCN(c3ccccc3C)CC2)C1. The molecule has 0 unspecified atom stereocenters. The van der Waals surface area contributed by atoms with Crippen LogP contribution < -0.4 is 4.90 Å². The number of amides is 1. The van der Waals surface area contributed by atoms with Crippen LogP contribution in [0, 0.1) is 6.92 Å². The largest absolute Gasteiger partial charge is 0.369 e. The Hall–Kier alpha value is -1.81. The number of benzene rings is 1. The maximum absolute atomic E-state index is 12.1. The molecule has 4 heteroatoms. The van der Waals surface area contributed by atoms with Crippen LogP contribution in [0.1, 0.15) is 24.8 Å². The first-order valence-corrected chi connectivity index (χ1v) is 9.12. The van der Waals surface area contributed by atoms with Crippen molar-refractivity contribution in [2.24, 2.45) is 0 Å². The molecule has 2 fully saturated rings. The minimum Gasteiger partial charge on any atom is -0.369 e. The molecule has 0 aliphatic carbocycles. The number of anilines is 1. The van der Waals surface area contributed by atoms with Crippen LogP contribution in [0.4, 0.5) is 5.69 Å². The van der Waals surface area contributed by atoms with Crippen LogP contribution in [0.2, 0.25) is 0 Å². The molecule has 1 atom stereocenters. The lowest BCUT2D eigenvalue weighted by Gasteiger charge is -2.44. The molecular formula is C20H29N3O. The zero-order valence-electron chi connectivity index (χ0n) is 14.8. The van der Waals surface area contributed by atoms with Crippen molar-refractivity contribution >= 4 is 11.6 Å². The summed E-state index contributed by atoms with van der Waals surface area (Å²) in [5.74, 6) is 0.230. The third-order valence-electron chi connectivity index (χ3n) is 5.35. The van der Waals surface area contributed by atoms with Gasteiger partial charge >= 0.3 is 0 Å². The number of carbonyl (C=O) groups excluding carboxylic acids is 1. The molecule has 1 aromatic carbocycles. The number of para-hydroxylation sites is 1. The quantitative estimate of drug-likeness (QED) is 0.796. The van der Waals surface area contributed by atoms with Crippen LogP contribution in [-0.2, 0) is 4.79 Å². The zero-order chi connectivity index (χ0) is 16.9. The number of aryl methyl sites for hydroxylation is 1. The Kier molecular flexibility index (Phi) is 5.56. The average molecular weight is 327 g/mol. The van der Waals surface area contributed by atoms with Gasteiger partial charge in [-0.1, -0.05) is 24.3 Å². The van der Waals surface area contributed by atoms with Crippen molar-refractivity contribution in [3.63, 3.8) is 0 Å². The molecule has 0 N–H and O–H groups in total. The van der Waals surface area contributed by atoms with Gasteiger partial charge in [-0.15, -0.1) is 6.58 Å². The van der Waals surface area contributed by atoms with Gasteiger partial charge < -0.3 is 9.80 Å². The summed E-state index contributed by atoms with van der Waals surface area (Å²) in [6.07, 6.45) is 4.51. The molecule has 0 saturated carbocycles. The van der Waals surface area contributed by atoms with Crippen molar-refractivity contribution in [2.45, 2.75) is 32.2 Å². The summed E-state index contributed by atoms with van der Waals surface area (Å²) in [4.78, 5) is 19.2. The van der Waals surface area contributed by atoms with Crippen molar-refractivity contribution in [1.29, 1.82) is 0 Å². The van der Waals surface area contributed by atoms with E-state index in [1.807, 2.05) is 4.90 Å². The second-order valence-electron chi connectivity index (χ2n) is 6.94. The van der Waals surface area contributed by atoms with E-state index in [9.17, 15) is 4.79 Å². The summed E-state index contributed by atoms with van der Waals surface area (Å²) in [6.45, 7) is 12.0. The Balaban J connectivity index is 1.55. The lowest BCUT2D eigenvalue weighted by atomic mass is 10.0. The van der Waals surface area contributed by atoms with Crippen LogP contribution in [0.25, 0.3) is 0 Å². The average Bonchev–Trinajstić information content (AvgIpc) is 2.63. The molecule has 0 aromatic heterocycles. The van der Waals surface area contributed by atoms with Gasteiger partial charge in [0.25, 0.3) is 0 Å². The minimum absolute atomic E-state index is 0.230. The fourth-order valence-corrected chi connectivity index (χ4v) is 3.98. The first kappa shape index (κ1) is 17.0. The molecule has 0 spiro atoms. The van der Waals surface area contributed by atoms with Crippen molar-refractivity contribution in [3.8, 4) is 0 Å². The van der Waals surface area contributed by atoms with E-state index in [4.69, 9.17) is 0 Å². The Labute approximate surface area is 145 Å².